The van der Waals surface area contributed by atoms with Crippen LogP contribution in [0.1, 0.15) is 5.69 Å². The van der Waals surface area contributed by atoms with Gasteiger partial charge in [0.2, 0.25) is 0 Å². The highest BCUT2D eigenvalue weighted by molar-refractivity contribution is 6.36. The van der Waals surface area contributed by atoms with Crippen LogP contribution in [-0.2, 0) is 6.54 Å². The number of benzene rings is 2. The number of rotatable bonds is 4. The number of para-hydroxylation sites is 1. The molecule has 0 radical (unpaired) electrons. The molecule has 3 nitrogen and oxygen atoms in total. The van der Waals surface area contributed by atoms with Gasteiger partial charge in [-0.25, -0.2) is 0 Å². The molecule has 0 aliphatic carbocycles. The number of H-pyrrole nitrogens is 1. The number of halogens is 1. The van der Waals surface area contributed by atoms with Crippen LogP contribution in [0.3, 0.4) is 0 Å². The Morgan fingerprint density at radius 1 is 1.05 bits per heavy atom. The van der Waals surface area contributed by atoms with E-state index in [0.29, 0.717) is 6.54 Å². The van der Waals surface area contributed by atoms with Crippen LogP contribution >= 0.6 is 11.6 Å². The molecular weight excluding hydrogens is 282 g/mol. The fraction of sp³-hybridized carbons (Fsp3) is 0.176. The van der Waals surface area contributed by atoms with Crippen molar-refractivity contribution in [3.63, 3.8) is 0 Å². The van der Waals surface area contributed by atoms with Gasteiger partial charge in [0.1, 0.15) is 0 Å². The summed E-state index contributed by atoms with van der Waals surface area (Å²) in [6.07, 6.45) is 0. The molecule has 0 fully saturated rings. The SMILES string of the molecule is CN(C)c1ccc(NCc2[nH]c3ccccc3c2Cl)cc1. The summed E-state index contributed by atoms with van der Waals surface area (Å²) in [5.74, 6) is 0. The molecular formula is C17H18ClN3. The average Bonchev–Trinajstić information content (AvgIpc) is 2.82. The number of aromatic amines is 1. The van der Waals surface area contributed by atoms with Crippen LogP contribution in [0.25, 0.3) is 10.9 Å². The van der Waals surface area contributed by atoms with Gasteiger partial charge in [-0.05, 0) is 30.3 Å². The van der Waals surface area contributed by atoms with E-state index in [0.717, 1.165) is 27.3 Å². The van der Waals surface area contributed by atoms with E-state index in [1.54, 1.807) is 0 Å². The first-order valence-electron chi connectivity index (χ1n) is 6.91. The lowest BCUT2D eigenvalue weighted by Crippen LogP contribution is -2.08. The number of fused-ring (bicyclic) bond motifs is 1. The van der Waals surface area contributed by atoms with E-state index in [4.69, 9.17) is 11.6 Å². The van der Waals surface area contributed by atoms with Gasteiger partial charge in [-0.15, -0.1) is 0 Å². The number of hydrogen-bond acceptors (Lipinski definition) is 2. The van der Waals surface area contributed by atoms with E-state index < -0.39 is 0 Å². The van der Waals surface area contributed by atoms with E-state index in [1.165, 1.54) is 5.69 Å². The second-order valence-electron chi connectivity index (χ2n) is 5.26. The molecule has 0 amide bonds. The maximum atomic E-state index is 6.41. The van der Waals surface area contributed by atoms with Gasteiger partial charge < -0.3 is 15.2 Å². The van der Waals surface area contributed by atoms with Crippen LogP contribution in [0.4, 0.5) is 11.4 Å². The zero-order valence-electron chi connectivity index (χ0n) is 12.2. The van der Waals surface area contributed by atoms with Gasteiger partial charge in [0, 0.05) is 36.4 Å². The zero-order chi connectivity index (χ0) is 14.8. The van der Waals surface area contributed by atoms with Crippen LogP contribution in [0.15, 0.2) is 48.5 Å². The van der Waals surface area contributed by atoms with Crippen molar-refractivity contribution in [3.8, 4) is 0 Å². The molecule has 0 aliphatic rings. The molecule has 0 bridgehead atoms. The molecule has 0 aliphatic heterocycles. The molecule has 21 heavy (non-hydrogen) atoms. The molecule has 0 unspecified atom stereocenters. The molecule has 3 aromatic rings. The van der Waals surface area contributed by atoms with Gasteiger partial charge in [-0.1, -0.05) is 29.8 Å². The van der Waals surface area contributed by atoms with Gasteiger partial charge >= 0.3 is 0 Å². The number of hydrogen-bond donors (Lipinski definition) is 2. The molecule has 4 heteroatoms. The molecule has 0 spiro atoms. The minimum absolute atomic E-state index is 0.675. The lowest BCUT2D eigenvalue weighted by molar-refractivity contribution is 1.08. The third-order valence-electron chi connectivity index (χ3n) is 3.57. The first kappa shape index (κ1) is 13.8. The van der Waals surface area contributed by atoms with Crippen molar-refractivity contribution in [2.45, 2.75) is 6.54 Å². The van der Waals surface area contributed by atoms with Crippen molar-refractivity contribution >= 4 is 33.9 Å². The predicted molar refractivity (Wildman–Crippen MR) is 91.4 cm³/mol. The monoisotopic (exact) mass is 299 g/mol. The van der Waals surface area contributed by atoms with E-state index in [-0.39, 0.29) is 0 Å². The summed E-state index contributed by atoms with van der Waals surface area (Å²) in [6, 6.07) is 16.4. The smallest absolute Gasteiger partial charge is 0.0710 e. The lowest BCUT2D eigenvalue weighted by Gasteiger charge is -2.13. The molecule has 2 N–H and O–H groups in total. The highest BCUT2D eigenvalue weighted by Crippen LogP contribution is 2.27. The van der Waals surface area contributed by atoms with Crippen molar-refractivity contribution in [2.75, 3.05) is 24.3 Å². The van der Waals surface area contributed by atoms with E-state index in [9.17, 15) is 0 Å². The van der Waals surface area contributed by atoms with Crippen LogP contribution in [0.5, 0.6) is 0 Å². The Morgan fingerprint density at radius 2 is 1.76 bits per heavy atom. The quantitative estimate of drug-likeness (QED) is 0.743. The van der Waals surface area contributed by atoms with Gasteiger partial charge in [-0.3, -0.25) is 0 Å². The molecule has 0 atom stereocenters. The maximum Gasteiger partial charge on any atom is 0.0710 e. The maximum absolute atomic E-state index is 6.41. The summed E-state index contributed by atoms with van der Waals surface area (Å²) < 4.78 is 0. The molecule has 1 heterocycles. The Morgan fingerprint density at radius 3 is 2.43 bits per heavy atom. The van der Waals surface area contributed by atoms with E-state index in [2.05, 4.69) is 39.5 Å². The highest BCUT2D eigenvalue weighted by Gasteiger charge is 2.08. The molecule has 108 valence electrons. The highest BCUT2D eigenvalue weighted by atomic mass is 35.5. The molecule has 3 rings (SSSR count). The molecule has 0 saturated heterocycles. The van der Waals surface area contributed by atoms with Crippen molar-refractivity contribution < 1.29 is 0 Å². The largest absolute Gasteiger partial charge is 0.379 e. The van der Waals surface area contributed by atoms with E-state index >= 15 is 0 Å². The topological polar surface area (TPSA) is 31.1 Å². The lowest BCUT2D eigenvalue weighted by atomic mass is 10.2. The summed E-state index contributed by atoms with van der Waals surface area (Å²) in [5.41, 5.74) is 4.34. The number of nitrogens with one attached hydrogen (secondary N) is 2. The molecule has 0 saturated carbocycles. The summed E-state index contributed by atoms with van der Waals surface area (Å²) in [4.78, 5) is 5.44. The first-order chi connectivity index (χ1) is 10.1. The number of aromatic nitrogens is 1. The van der Waals surface area contributed by atoms with Crippen LogP contribution in [-0.4, -0.2) is 19.1 Å². The second kappa shape index (κ2) is 5.70. The Balaban J connectivity index is 1.75. The van der Waals surface area contributed by atoms with Gasteiger partial charge in [-0.2, -0.15) is 0 Å². The van der Waals surface area contributed by atoms with Crippen LogP contribution in [0.2, 0.25) is 5.02 Å². The summed E-state index contributed by atoms with van der Waals surface area (Å²) in [6.45, 7) is 0.675. The summed E-state index contributed by atoms with van der Waals surface area (Å²) in [5, 5.41) is 5.26. The Labute approximate surface area is 129 Å². The second-order valence-corrected chi connectivity index (χ2v) is 5.64. The number of anilines is 2. The van der Waals surface area contributed by atoms with E-state index in [1.807, 2.05) is 38.4 Å². The Kier molecular flexibility index (Phi) is 3.76. The van der Waals surface area contributed by atoms with Gasteiger partial charge in [0.25, 0.3) is 0 Å². The zero-order valence-corrected chi connectivity index (χ0v) is 12.9. The van der Waals surface area contributed by atoms with Gasteiger partial charge in [0.15, 0.2) is 0 Å². The average molecular weight is 300 g/mol. The van der Waals surface area contributed by atoms with Crippen LogP contribution in [0, 0.1) is 0 Å². The van der Waals surface area contributed by atoms with Crippen molar-refractivity contribution in [1.82, 2.24) is 4.98 Å². The molecule has 1 aromatic heterocycles. The standard InChI is InChI=1S/C17H18ClN3/c1-21(2)13-9-7-12(8-10-13)19-11-16-17(18)14-5-3-4-6-15(14)20-16/h3-10,19-20H,11H2,1-2H3. The van der Waals surface area contributed by atoms with Crippen molar-refractivity contribution in [3.05, 3.63) is 59.2 Å². The normalized spacial score (nSPS) is 10.8. The first-order valence-corrected chi connectivity index (χ1v) is 7.29. The Bertz CT molecular complexity index is 744. The molecule has 2 aromatic carbocycles. The number of nitrogens with zero attached hydrogens (tertiary/aromatic N) is 1. The van der Waals surface area contributed by atoms with Crippen molar-refractivity contribution in [2.24, 2.45) is 0 Å². The third-order valence-corrected chi connectivity index (χ3v) is 4.00. The Hall–Kier alpha value is -2.13. The van der Waals surface area contributed by atoms with Crippen molar-refractivity contribution in [1.29, 1.82) is 0 Å². The predicted octanol–water partition coefficient (Wildman–Crippen LogP) is 4.50. The fourth-order valence-electron chi connectivity index (χ4n) is 2.35. The summed E-state index contributed by atoms with van der Waals surface area (Å²) in [7, 11) is 4.07. The third kappa shape index (κ3) is 2.83. The van der Waals surface area contributed by atoms with Crippen LogP contribution < -0.4 is 10.2 Å². The minimum Gasteiger partial charge on any atom is -0.379 e. The van der Waals surface area contributed by atoms with Gasteiger partial charge in [0.05, 0.1) is 17.3 Å². The summed E-state index contributed by atoms with van der Waals surface area (Å²) >= 11 is 6.41. The fourth-order valence-corrected chi connectivity index (χ4v) is 2.63. The minimum atomic E-state index is 0.675.